The van der Waals surface area contributed by atoms with Gasteiger partial charge in [0.05, 0.1) is 19.8 Å². The van der Waals surface area contributed by atoms with Crippen LogP contribution in [-0.4, -0.2) is 26.0 Å². The molecular formula is C18H19FN2O4. The number of rotatable bonds is 6. The van der Waals surface area contributed by atoms with Crippen molar-refractivity contribution in [3.8, 4) is 11.5 Å². The second kappa shape index (κ2) is 8.68. The lowest BCUT2D eigenvalue weighted by molar-refractivity contribution is -0.121. The Bertz CT molecular complexity index is 764. The highest BCUT2D eigenvalue weighted by Crippen LogP contribution is 2.27. The van der Waals surface area contributed by atoms with Crippen LogP contribution in [0.1, 0.15) is 22.3 Å². The van der Waals surface area contributed by atoms with Crippen molar-refractivity contribution in [3.63, 3.8) is 0 Å². The summed E-state index contributed by atoms with van der Waals surface area (Å²) in [5.74, 6) is -0.572. The van der Waals surface area contributed by atoms with Gasteiger partial charge in [-0.2, -0.15) is 0 Å². The Labute approximate surface area is 144 Å². The average molecular weight is 346 g/mol. The van der Waals surface area contributed by atoms with Crippen LogP contribution in [0.3, 0.4) is 0 Å². The molecular weight excluding hydrogens is 327 g/mol. The number of carbonyl (C=O) groups is 2. The van der Waals surface area contributed by atoms with Crippen LogP contribution in [0.2, 0.25) is 0 Å². The van der Waals surface area contributed by atoms with E-state index in [-0.39, 0.29) is 17.9 Å². The van der Waals surface area contributed by atoms with Gasteiger partial charge in [-0.1, -0.05) is 18.2 Å². The van der Waals surface area contributed by atoms with Gasteiger partial charge in [0.1, 0.15) is 5.82 Å². The van der Waals surface area contributed by atoms with Crippen molar-refractivity contribution in [2.24, 2.45) is 0 Å². The van der Waals surface area contributed by atoms with Gasteiger partial charge < -0.3 is 9.47 Å². The van der Waals surface area contributed by atoms with E-state index in [1.165, 1.54) is 31.4 Å². The highest BCUT2D eigenvalue weighted by Gasteiger charge is 2.12. The third-order valence-corrected chi connectivity index (χ3v) is 3.52. The molecule has 0 spiro atoms. The van der Waals surface area contributed by atoms with Crippen molar-refractivity contribution in [2.75, 3.05) is 14.2 Å². The SMILES string of the molecule is COc1ccc(CCC(=O)NNC(=O)c2ccccc2F)cc1OC. The average Bonchev–Trinajstić information content (AvgIpc) is 2.64. The Balaban J connectivity index is 1.85. The van der Waals surface area contributed by atoms with Crippen LogP contribution in [0.4, 0.5) is 4.39 Å². The summed E-state index contributed by atoms with van der Waals surface area (Å²) in [6.45, 7) is 0. The first-order valence-corrected chi connectivity index (χ1v) is 7.59. The standard InChI is InChI=1S/C18H19FN2O4/c1-24-15-9-7-12(11-16(15)25-2)8-10-17(22)20-21-18(23)13-5-3-4-6-14(13)19/h3-7,9,11H,8,10H2,1-2H3,(H,20,22)(H,21,23). The maximum atomic E-state index is 13.5. The summed E-state index contributed by atoms with van der Waals surface area (Å²) in [6, 6.07) is 10.9. The van der Waals surface area contributed by atoms with Crippen LogP contribution < -0.4 is 20.3 Å². The largest absolute Gasteiger partial charge is 0.493 e. The highest BCUT2D eigenvalue weighted by molar-refractivity contribution is 5.95. The van der Waals surface area contributed by atoms with E-state index < -0.39 is 11.7 Å². The topological polar surface area (TPSA) is 76.7 Å². The Morgan fingerprint density at radius 1 is 1.00 bits per heavy atom. The number of benzene rings is 2. The van der Waals surface area contributed by atoms with Crippen LogP contribution in [0, 0.1) is 5.82 Å². The maximum Gasteiger partial charge on any atom is 0.272 e. The number of nitrogens with one attached hydrogen (secondary N) is 2. The molecule has 2 amide bonds. The molecule has 2 N–H and O–H groups in total. The normalized spacial score (nSPS) is 10.0. The van der Waals surface area contributed by atoms with Crippen LogP contribution in [0.25, 0.3) is 0 Å². The van der Waals surface area contributed by atoms with E-state index >= 15 is 0 Å². The van der Waals surface area contributed by atoms with E-state index in [0.29, 0.717) is 17.9 Å². The van der Waals surface area contributed by atoms with Crippen molar-refractivity contribution < 1.29 is 23.5 Å². The molecule has 0 saturated carbocycles. The van der Waals surface area contributed by atoms with Crippen LogP contribution in [0.5, 0.6) is 11.5 Å². The molecule has 2 aromatic carbocycles. The number of amides is 2. The monoisotopic (exact) mass is 346 g/mol. The summed E-state index contributed by atoms with van der Waals surface area (Å²) in [5.41, 5.74) is 5.21. The number of hydrogen-bond donors (Lipinski definition) is 2. The minimum absolute atomic E-state index is 0.136. The summed E-state index contributed by atoms with van der Waals surface area (Å²) in [5, 5.41) is 0. The molecule has 0 bridgehead atoms. The molecule has 2 rings (SSSR count). The number of methoxy groups -OCH3 is 2. The van der Waals surface area contributed by atoms with Crippen LogP contribution >= 0.6 is 0 Å². The van der Waals surface area contributed by atoms with Gasteiger partial charge in [0, 0.05) is 6.42 Å². The molecule has 7 heteroatoms. The summed E-state index contributed by atoms with van der Waals surface area (Å²) < 4.78 is 23.8. The zero-order valence-electron chi connectivity index (χ0n) is 14.0. The van der Waals surface area contributed by atoms with E-state index in [4.69, 9.17) is 9.47 Å². The molecule has 0 aliphatic heterocycles. The van der Waals surface area contributed by atoms with E-state index in [2.05, 4.69) is 10.9 Å². The molecule has 0 aliphatic rings. The molecule has 6 nitrogen and oxygen atoms in total. The molecule has 0 atom stereocenters. The third-order valence-electron chi connectivity index (χ3n) is 3.52. The number of ether oxygens (including phenoxy) is 2. The number of hydrogen-bond acceptors (Lipinski definition) is 4. The first-order valence-electron chi connectivity index (χ1n) is 7.59. The smallest absolute Gasteiger partial charge is 0.272 e. The number of hydrazine groups is 1. The lowest BCUT2D eigenvalue weighted by Crippen LogP contribution is -2.42. The van der Waals surface area contributed by atoms with Gasteiger partial charge in [-0.15, -0.1) is 0 Å². The van der Waals surface area contributed by atoms with Gasteiger partial charge in [-0.3, -0.25) is 20.4 Å². The fourth-order valence-corrected chi connectivity index (χ4v) is 2.20. The highest BCUT2D eigenvalue weighted by atomic mass is 19.1. The summed E-state index contributed by atoms with van der Waals surface area (Å²) in [6.07, 6.45) is 0.592. The van der Waals surface area contributed by atoms with Crippen LogP contribution in [0.15, 0.2) is 42.5 Å². The second-order valence-corrected chi connectivity index (χ2v) is 5.17. The number of carbonyl (C=O) groups excluding carboxylic acids is 2. The fourth-order valence-electron chi connectivity index (χ4n) is 2.20. The lowest BCUT2D eigenvalue weighted by Gasteiger charge is -2.10. The first-order chi connectivity index (χ1) is 12.0. The Hall–Kier alpha value is -3.09. The zero-order valence-corrected chi connectivity index (χ0v) is 14.0. The van der Waals surface area contributed by atoms with Gasteiger partial charge in [-0.25, -0.2) is 4.39 Å². The second-order valence-electron chi connectivity index (χ2n) is 5.17. The van der Waals surface area contributed by atoms with Gasteiger partial charge in [0.25, 0.3) is 5.91 Å². The van der Waals surface area contributed by atoms with Crippen LogP contribution in [-0.2, 0) is 11.2 Å². The molecule has 0 fully saturated rings. The predicted octanol–water partition coefficient (Wildman–Crippen LogP) is 2.24. The molecule has 0 saturated heterocycles. The Kier molecular flexibility index (Phi) is 6.33. The van der Waals surface area contributed by atoms with Gasteiger partial charge >= 0.3 is 0 Å². The first kappa shape index (κ1) is 18.3. The summed E-state index contributed by atoms with van der Waals surface area (Å²) in [4.78, 5) is 23.6. The molecule has 0 radical (unpaired) electrons. The predicted molar refractivity (Wildman–Crippen MR) is 89.9 cm³/mol. The molecule has 25 heavy (non-hydrogen) atoms. The van der Waals surface area contributed by atoms with E-state index in [9.17, 15) is 14.0 Å². The number of aryl methyl sites for hydroxylation is 1. The lowest BCUT2D eigenvalue weighted by atomic mass is 10.1. The third kappa shape index (κ3) is 4.94. The molecule has 132 valence electrons. The quantitative estimate of drug-likeness (QED) is 0.787. The Morgan fingerprint density at radius 2 is 1.72 bits per heavy atom. The minimum Gasteiger partial charge on any atom is -0.493 e. The molecule has 0 unspecified atom stereocenters. The zero-order chi connectivity index (χ0) is 18.2. The van der Waals surface area contributed by atoms with Crippen molar-refractivity contribution in [1.29, 1.82) is 0 Å². The van der Waals surface area contributed by atoms with Crippen molar-refractivity contribution in [1.82, 2.24) is 10.9 Å². The molecule has 0 aliphatic carbocycles. The summed E-state index contributed by atoms with van der Waals surface area (Å²) in [7, 11) is 3.08. The van der Waals surface area contributed by atoms with Crippen molar-refractivity contribution in [3.05, 3.63) is 59.4 Å². The fraction of sp³-hybridized carbons (Fsp3) is 0.222. The van der Waals surface area contributed by atoms with E-state index in [1.807, 2.05) is 6.07 Å². The van der Waals surface area contributed by atoms with Gasteiger partial charge in [0.15, 0.2) is 11.5 Å². The molecule has 0 aromatic heterocycles. The minimum atomic E-state index is -0.711. The van der Waals surface area contributed by atoms with E-state index in [1.54, 1.807) is 19.2 Å². The summed E-state index contributed by atoms with van der Waals surface area (Å²) >= 11 is 0. The van der Waals surface area contributed by atoms with Crippen molar-refractivity contribution >= 4 is 11.8 Å². The van der Waals surface area contributed by atoms with Gasteiger partial charge in [0.2, 0.25) is 5.91 Å². The van der Waals surface area contributed by atoms with Gasteiger partial charge in [-0.05, 0) is 36.2 Å². The Morgan fingerprint density at radius 3 is 2.40 bits per heavy atom. The van der Waals surface area contributed by atoms with E-state index in [0.717, 1.165) is 5.56 Å². The molecule has 0 heterocycles. The maximum absolute atomic E-state index is 13.5. The number of halogens is 1. The molecule has 2 aromatic rings. The van der Waals surface area contributed by atoms with Crippen molar-refractivity contribution in [2.45, 2.75) is 12.8 Å².